The molecule has 5 nitrogen and oxygen atoms in total. The number of hydrogen-bond donors (Lipinski definition) is 3. The van der Waals surface area contributed by atoms with Crippen molar-refractivity contribution in [3.05, 3.63) is 24.3 Å². The Bertz CT molecular complexity index is 494. The van der Waals surface area contributed by atoms with Gasteiger partial charge in [0, 0.05) is 12.6 Å². The zero-order valence-corrected chi connectivity index (χ0v) is 12.3. The summed E-state index contributed by atoms with van der Waals surface area (Å²) >= 11 is 0. The van der Waals surface area contributed by atoms with Gasteiger partial charge < -0.3 is 20.5 Å². The lowest BCUT2D eigenvalue weighted by Crippen LogP contribution is -2.40. The number of ether oxygens (including phenoxy) is 1. The Balaban J connectivity index is 2.67. The Kier molecular flexibility index (Phi) is 6.48. The number of nitrogens with one attached hydrogen (secondary N) is 2. The van der Waals surface area contributed by atoms with Crippen LogP contribution < -0.4 is 15.4 Å². The average Bonchev–Trinajstić information content (AvgIpc) is 2.44. The van der Waals surface area contributed by atoms with E-state index in [0.717, 1.165) is 0 Å². The van der Waals surface area contributed by atoms with Crippen molar-refractivity contribution >= 4 is 11.7 Å². The summed E-state index contributed by atoms with van der Waals surface area (Å²) in [7, 11) is 0. The third kappa shape index (κ3) is 6.21. The van der Waals surface area contributed by atoms with Gasteiger partial charge in [-0.3, -0.25) is 0 Å². The average molecular weight is 320 g/mol. The molecule has 0 aliphatic carbocycles. The van der Waals surface area contributed by atoms with E-state index in [-0.39, 0.29) is 30.0 Å². The maximum atomic E-state index is 12.2. The minimum Gasteiger partial charge on any atom is -0.482 e. The van der Waals surface area contributed by atoms with E-state index in [2.05, 4.69) is 15.4 Å². The summed E-state index contributed by atoms with van der Waals surface area (Å²) in [5, 5.41) is 14.0. The molecule has 0 heterocycles. The highest BCUT2D eigenvalue weighted by Gasteiger charge is 2.29. The standard InChI is InChI=1S/C14H19F3N2O3/c1-9(7-20)10(2)18-13(21)19-11-5-3-4-6-12(11)22-8-14(15,16)17/h3-6,9-10,20H,7-8H2,1-2H3,(H2,18,19,21). The van der Waals surface area contributed by atoms with Crippen LogP contribution in [0.2, 0.25) is 0 Å². The van der Waals surface area contributed by atoms with E-state index in [1.807, 2.05) is 0 Å². The zero-order chi connectivity index (χ0) is 16.8. The topological polar surface area (TPSA) is 70.6 Å². The van der Waals surface area contributed by atoms with Crippen molar-refractivity contribution in [2.24, 2.45) is 5.92 Å². The number of aliphatic hydroxyl groups is 1. The fourth-order valence-corrected chi connectivity index (χ4v) is 1.52. The van der Waals surface area contributed by atoms with Gasteiger partial charge >= 0.3 is 12.2 Å². The number of alkyl halides is 3. The van der Waals surface area contributed by atoms with Crippen LogP contribution in [0, 0.1) is 5.92 Å². The highest BCUT2D eigenvalue weighted by Crippen LogP contribution is 2.26. The van der Waals surface area contributed by atoms with Gasteiger partial charge in [-0.05, 0) is 25.0 Å². The molecule has 124 valence electrons. The van der Waals surface area contributed by atoms with Gasteiger partial charge in [-0.2, -0.15) is 13.2 Å². The van der Waals surface area contributed by atoms with Gasteiger partial charge in [0.15, 0.2) is 6.61 Å². The highest BCUT2D eigenvalue weighted by molar-refractivity contribution is 5.91. The largest absolute Gasteiger partial charge is 0.482 e. The third-order valence-electron chi connectivity index (χ3n) is 3.03. The SMILES string of the molecule is CC(CO)C(C)NC(=O)Nc1ccccc1OCC(F)(F)F. The first-order valence-electron chi connectivity index (χ1n) is 6.70. The van der Waals surface area contributed by atoms with E-state index in [4.69, 9.17) is 5.11 Å². The normalized spacial score (nSPS) is 14.1. The maximum absolute atomic E-state index is 12.2. The Hall–Kier alpha value is -1.96. The van der Waals surface area contributed by atoms with E-state index >= 15 is 0 Å². The van der Waals surface area contributed by atoms with Gasteiger partial charge in [-0.25, -0.2) is 4.79 Å². The van der Waals surface area contributed by atoms with Crippen LogP contribution in [0.5, 0.6) is 5.75 Å². The minimum atomic E-state index is -4.46. The predicted octanol–water partition coefficient (Wildman–Crippen LogP) is 2.77. The first-order valence-corrected chi connectivity index (χ1v) is 6.70. The van der Waals surface area contributed by atoms with Crippen LogP contribution in [0.4, 0.5) is 23.7 Å². The number of para-hydroxylation sites is 2. The number of carbonyl (C=O) groups is 1. The van der Waals surface area contributed by atoms with Crippen LogP contribution >= 0.6 is 0 Å². The molecule has 0 saturated heterocycles. The first kappa shape index (κ1) is 18.1. The molecular weight excluding hydrogens is 301 g/mol. The van der Waals surface area contributed by atoms with Gasteiger partial charge in [0.2, 0.25) is 0 Å². The summed E-state index contributed by atoms with van der Waals surface area (Å²) < 4.78 is 41.2. The van der Waals surface area contributed by atoms with Crippen LogP contribution in [0.1, 0.15) is 13.8 Å². The summed E-state index contributed by atoms with van der Waals surface area (Å²) in [6.45, 7) is 1.94. The van der Waals surface area contributed by atoms with Gasteiger partial charge in [0.1, 0.15) is 5.75 Å². The van der Waals surface area contributed by atoms with Crippen molar-refractivity contribution < 1.29 is 27.8 Å². The quantitative estimate of drug-likeness (QED) is 0.755. The Morgan fingerprint density at radius 1 is 1.32 bits per heavy atom. The summed E-state index contributed by atoms with van der Waals surface area (Å²) in [6, 6.07) is 4.96. The van der Waals surface area contributed by atoms with Crippen LogP contribution in [0.15, 0.2) is 24.3 Å². The van der Waals surface area contributed by atoms with Crippen molar-refractivity contribution in [3.63, 3.8) is 0 Å². The second-order valence-electron chi connectivity index (χ2n) is 4.95. The van der Waals surface area contributed by atoms with Crippen molar-refractivity contribution in [2.75, 3.05) is 18.5 Å². The van der Waals surface area contributed by atoms with Crippen LogP contribution in [0.25, 0.3) is 0 Å². The number of aliphatic hydroxyl groups excluding tert-OH is 1. The first-order chi connectivity index (χ1) is 10.2. The second-order valence-corrected chi connectivity index (χ2v) is 4.95. The fraction of sp³-hybridized carbons (Fsp3) is 0.500. The lowest BCUT2D eigenvalue weighted by atomic mass is 10.1. The van der Waals surface area contributed by atoms with E-state index in [1.54, 1.807) is 19.9 Å². The molecular formula is C14H19F3N2O3. The molecule has 0 spiro atoms. The lowest BCUT2D eigenvalue weighted by Gasteiger charge is -2.20. The van der Waals surface area contributed by atoms with Crippen molar-refractivity contribution in [3.8, 4) is 5.75 Å². The van der Waals surface area contributed by atoms with Gasteiger partial charge in [0.25, 0.3) is 0 Å². The maximum Gasteiger partial charge on any atom is 0.422 e. The number of carbonyl (C=O) groups excluding carboxylic acids is 1. The lowest BCUT2D eigenvalue weighted by molar-refractivity contribution is -0.153. The van der Waals surface area contributed by atoms with Gasteiger partial charge in [-0.1, -0.05) is 19.1 Å². The molecule has 0 radical (unpaired) electrons. The molecule has 2 atom stereocenters. The monoisotopic (exact) mass is 320 g/mol. The second kappa shape index (κ2) is 7.88. The van der Waals surface area contributed by atoms with E-state index in [9.17, 15) is 18.0 Å². The van der Waals surface area contributed by atoms with Gasteiger partial charge in [0.05, 0.1) is 5.69 Å². The summed E-state index contributed by atoms with van der Waals surface area (Å²) in [5.74, 6) is -0.222. The number of halogens is 3. The van der Waals surface area contributed by atoms with Crippen molar-refractivity contribution in [1.82, 2.24) is 5.32 Å². The number of amides is 2. The predicted molar refractivity (Wildman–Crippen MR) is 75.9 cm³/mol. The summed E-state index contributed by atoms with van der Waals surface area (Å²) in [5.41, 5.74) is 0.133. The number of rotatable bonds is 6. The minimum absolute atomic E-state index is 0.0714. The molecule has 22 heavy (non-hydrogen) atoms. The molecule has 0 fully saturated rings. The number of anilines is 1. The number of hydrogen-bond acceptors (Lipinski definition) is 3. The molecule has 2 amide bonds. The van der Waals surface area contributed by atoms with Crippen LogP contribution in [0.3, 0.4) is 0 Å². The van der Waals surface area contributed by atoms with Crippen LogP contribution in [-0.2, 0) is 0 Å². The Labute approximate surface area is 126 Å². The Morgan fingerprint density at radius 2 is 1.95 bits per heavy atom. The van der Waals surface area contributed by atoms with E-state index in [1.165, 1.54) is 18.2 Å². The molecule has 0 aliphatic rings. The number of urea groups is 1. The molecule has 0 aliphatic heterocycles. The van der Waals surface area contributed by atoms with Gasteiger partial charge in [-0.15, -0.1) is 0 Å². The molecule has 0 aromatic heterocycles. The van der Waals surface area contributed by atoms with Crippen molar-refractivity contribution in [1.29, 1.82) is 0 Å². The third-order valence-corrected chi connectivity index (χ3v) is 3.03. The molecule has 0 bridgehead atoms. The van der Waals surface area contributed by atoms with E-state index < -0.39 is 18.8 Å². The number of benzene rings is 1. The molecule has 1 aromatic rings. The Morgan fingerprint density at radius 3 is 2.55 bits per heavy atom. The molecule has 1 rings (SSSR count). The zero-order valence-electron chi connectivity index (χ0n) is 12.3. The molecule has 0 saturated carbocycles. The summed E-state index contributed by atoms with van der Waals surface area (Å²) in [4.78, 5) is 11.8. The van der Waals surface area contributed by atoms with Crippen molar-refractivity contribution in [2.45, 2.75) is 26.1 Å². The summed E-state index contributed by atoms with van der Waals surface area (Å²) in [6.07, 6.45) is -4.46. The van der Waals surface area contributed by atoms with E-state index in [0.29, 0.717) is 0 Å². The molecule has 1 aromatic carbocycles. The molecule has 3 N–H and O–H groups in total. The molecule has 8 heteroatoms. The fourth-order valence-electron chi connectivity index (χ4n) is 1.52. The smallest absolute Gasteiger partial charge is 0.422 e. The molecule has 2 unspecified atom stereocenters. The highest BCUT2D eigenvalue weighted by atomic mass is 19.4. The van der Waals surface area contributed by atoms with Crippen LogP contribution in [-0.4, -0.2) is 36.6 Å².